The minimum atomic E-state index is -0.929. The van der Waals surface area contributed by atoms with E-state index in [-0.39, 0.29) is 24.9 Å². The van der Waals surface area contributed by atoms with Gasteiger partial charge in [-0.1, -0.05) is 26.0 Å². The number of nitrogens with one attached hydrogen (secondary N) is 3. The van der Waals surface area contributed by atoms with Crippen LogP contribution in [-0.2, 0) is 11.2 Å². The number of carbonyl (C=O) groups excluding carboxylic acids is 1. The van der Waals surface area contributed by atoms with Crippen molar-refractivity contribution in [2.45, 2.75) is 57.7 Å². The normalized spacial score (nSPS) is 17.6. The van der Waals surface area contributed by atoms with Crippen LogP contribution in [-0.4, -0.2) is 36.2 Å². The molecule has 1 aliphatic rings. The molecule has 7 heteroatoms. The molecule has 0 aromatic heterocycles. The average molecular weight is 432 g/mol. The van der Waals surface area contributed by atoms with E-state index in [0.29, 0.717) is 11.5 Å². The number of rotatable bonds is 8. The van der Waals surface area contributed by atoms with Gasteiger partial charge in [-0.15, -0.1) is 0 Å². The molecule has 0 spiro atoms. The first-order valence-corrected chi connectivity index (χ1v) is 10.7. The van der Waals surface area contributed by atoms with Crippen LogP contribution >= 0.6 is 0 Å². The molecule has 2 aromatic carbocycles. The van der Waals surface area contributed by atoms with E-state index in [0.717, 1.165) is 30.3 Å². The minimum absolute atomic E-state index is 0.0641. The first-order valence-electron chi connectivity index (χ1n) is 10.7. The summed E-state index contributed by atoms with van der Waals surface area (Å²) in [6.07, 6.45) is 0.0559. The fourth-order valence-electron chi connectivity index (χ4n) is 4.04. The van der Waals surface area contributed by atoms with E-state index in [4.69, 9.17) is 0 Å². The molecule has 4 N–H and O–H groups in total. The number of aliphatic hydroxyl groups excluding tert-OH is 1. The molecule has 1 amide bonds. The van der Waals surface area contributed by atoms with Crippen LogP contribution in [0.5, 0.6) is 0 Å². The van der Waals surface area contributed by atoms with E-state index in [1.807, 2.05) is 0 Å². The second-order valence-corrected chi connectivity index (χ2v) is 8.53. The Kier molecular flexibility index (Phi) is 7.62. The number of fused-ring (bicyclic) bond motifs is 1. The van der Waals surface area contributed by atoms with Crippen molar-refractivity contribution < 1.29 is 18.7 Å². The van der Waals surface area contributed by atoms with Gasteiger partial charge in [0.05, 0.1) is 12.1 Å². The van der Waals surface area contributed by atoms with Gasteiger partial charge in [-0.05, 0) is 53.6 Å². The molecule has 0 fully saturated rings. The molecule has 168 valence electrons. The summed E-state index contributed by atoms with van der Waals surface area (Å²) in [6.45, 7) is 6.71. The summed E-state index contributed by atoms with van der Waals surface area (Å²) in [5.74, 6) is -1.27. The van der Waals surface area contributed by atoms with Crippen molar-refractivity contribution in [3.05, 3.63) is 64.7 Å². The Labute approximate surface area is 182 Å². The van der Waals surface area contributed by atoms with Crippen molar-refractivity contribution in [3.63, 3.8) is 0 Å². The highest BCUT2D eigenvalue weighted by Crippen LogP contribution is 2.32. The lowest BCUT2D eigenvalue weighted by Crippen LogP contribution is -2.48. The van der Waals surface area contributed by atoms with Gasteiger partial charge in [0.2, 0.25) is 5.91 Å². The van der Waals surface area contributed by atoms with E-state index in [9.17, 15) is 18.7 Å². The van der Waals surface area contributed by atoms with Gasteiger partial charge in [0.1, 0.15) is 11.6 Å². The van der Waals surface area contributed by atoms with E-state index in [1.165, 1.54) is 24.6 Å². The molecule has 1 heterocycles. The Morgan fingerprint density at radius 2 is 1.90 bits per heavy atom. The zero-order chi connectivity index (χ0) is 22.5. The summed E-state index contributed by atoms with van der Waals surface area (Å²) in [7, 11) is 0. The number of carbonyl (C=O) groups is 1. The standard InChI is InChI=1S/C24H31F2N3O2/c1-14(2)17-4-5-21-20(11-17)22(6-7-27-21)28-13-24(31)23(29-15(3)30)10-16-8-18(25)12-19(26)9-16/h4-5,8-9,11-12,14,22-24,27-28,31H,6-7,10,13H2,1-3H3,(H,29,30)/t22-,23-,24-/m0/s1. The lowest BCUT2D eigenvalue weighted by atomic mass is 9.92. The molecule has 0 aliphatic carbocycles. The van der Waals surface area contributed by atoms with Crippen LogP contribution < -0.4 is 16.0 Å². The molecule has 0 unspecified atom stereocenters. The van der Waals surface area contributed by atoms with E-state index in [1.54, 1.807) is 0 Å². The number of hydrogen-bond acceptors (Lipinski definition) is 4. The maximum Gasteiger partial charge on any atom is 0.217 e. The van der Waals surface area contributed by atoms with Gasteiger partial charge in [-0.25, -0.2) is 8.78 Å². The second kappa shape index (κ2) is 10.2. The second-order valence-electron chi connectivity index (χ2n) is 8.53. The topological polar surface area (TPSA) is 73.4 Å². The lowest BCUT2D eigenvalue weighted by molar-refractivity contribution is -0.120. The van der Waals surface area contributed by atoms with Crippen LogP contribution in [0.15, 0.2) is 36.4 Å². The molecule has 3 rings (SSSR count). The third kappa shape index (κ3) is 6.24. The molecule has 2 aromatic rings. The van der Waals surface area contributed by atoms with E-state index in [2.05, 4.69) is 48.0 Å². The quantitative estimate of drug-likeness (QED) is 0.515. The zero-order valence-corrected chi connectivity index (χ0v) is 18.2. The largest absolute Gasteiger partial charge is 0.390 e. The van der Waals surface area contributed by atoms with Crippen LogP contribution in [0.25, 0.3) is 0 Å². The first kappa shape index (κ1) is 23.2. The summed E-state index contributed by atoms with van der Waals surface area (Å²) in [4.78, 5) is 11.7. The van der Waals surface area contributed by atoms with Crippen LogP contribution in [0.3, 0.4) is 0 Å². The van der Waals surface area contributed by atoms with Crippen molar-refractivity contribution in [3.8, 4) is 0 Å². The molecule has 3 atom stereocenters. The Hall–Kier alpha value is -2.51. The third-order valence-corrected chi connectivity index (χ3v) is 5.67. The summed E-state index contributed by atoms with van der Waals surface area (Å²) >= 11 is 0. The van der Waals surface area contributed by atoms with Gasteiger partial charge in [0, 0.05) is 37.8 Å². The SMILES string of the molecule is CC(=O)N[C@@H](Cc1cc(F)cc(F)c1)[C@@H](O)CN[C@H]1CCNc2ccc(C(C)C)cc21. The summed E-state index contributed by atoms with van der Waals surface area (Å²) in [5.41, 5.74) is 3.87. The minimum Gasteiger partial charge on any atom is -0.390 e. The van der Waals surface area contributed by atoms with Crippen LogP contribution in [0.1, 0.15) is 55.8 Å². The molecular formula is C24H31F2N3O2. The number of anilines is 1. The Bertz CT molecular complexity index is 899. The maximum atomic E-state index is 13.6. The molecule has 0 radical (unpaired) electrons. The molecule has 5 nitrogen and oxygen atoms in total. The lowest BCUT2D eigenvalue weighted by Gasteiger charge is -2.31. The summed E-state index contributed by atoms with van der Waals surface area (Å²) < 4.78 is 27.1. The Morgan fingerprint density at radius 3 is 2.55 bits per heavy atom. The number of halogens is 2. The highest BCUT2D eigenvalue weighted by Gasteiger charge is 2.25. The van der Waals surface area contributed by atoms with Gasteiger partial charge < -0.3 is 21.1 Å². The number of benzene rings is 2. The number of amides is 1. The van der Waals surface area contributed by atoms with E-state index >= 15 is 0 Å². The molecule has 1 aliphatic heterocycles. The molecular weight excluding hydrogens is 400 g/mol. The fraction of sp³-hybridized carbons (Fsp3) is 0.458. The van der Waals surface area contributed by atoms with Gasteiger partial charge >= 0.3 is 0 Å². The summed E-state index contributed by atoms with van der Waals surface area (Å²) in [5, 5.41) is 20.3. The van der Waals surface area contributed by atoms with Crippen LogP contribution in [0.2, 0.25) is 0 Å². The van der Waals surface area contributed by atoms with Gasteiger partial charge in [0.25, 0.3) is 0 Å². The fourth-order valence-corrected chi connectivity index (χ4v) is 4.04. The van der Waals surface area contributed by atoms with Crippen molar-refractivity contribution in [1.82, 2.24) is 10.6 Å². The number of hydrogen-bond donors (Lipinski definition) is 4. The van der Waals surface area contributed by atoms with Gasteiger partial charge in [-0.3, -0.25) is 4.79 Å². The third-order valence-electron chi connectivity index (χ3n) is 5.67. The van der Waals surface area contributed by atoms with Gasteiger partial charge in [0.15, 0.2) is 0 Å². The van der Waals surface area contributed by atoms with Crippen molar-refractivity contribution in [2.24, 2.45) is 0 Å². The van der Waals surface area contributed by atoms with Crippen LogP contribution in [0, 0.1) is 11.6 Å². The molecule has 0 saturated carbocycles. The van der Waals surface area contributed by atoms with Crippen molar-refractivity contribution in [2.75, 3.05) is 18.4 Å². The summed E-state index contributed by atoms with van der Waals surface area (Å²) in [6, 6.07) is 9.03. The first-order chi connectivity index (χ1) is 14.7. The molecule has 31 heavy (non-hydrogen) atoms. The Balaban J connectivity index is 1.70. The van der Waals surface area contributed by atoms with E-state index < -0.39 is 23.8 Å². The number of aliphatic hydroxyl groups is 1. The smallest absolute Gasteiger partial charge is 0.217 e. The van der Waals surface area contributed by atoms with Gasteiger partial charge in [-0.2, -0.15) is 0 Å². The van der Waals surface area contributed by atoms with Crippen LogP contribution in [0.4, 0.5) is 14.5 Å². The molecule has 0 saturated heterocycles. The monoisotopic (exact) mass is 431 g/mol. The highest BCUT2D eigenvalue weighted by molar-refractivity contribution is 5.73. The predicted octanol–water partition coefficient (Wildman–Crippen LogP) is 3.64. The average Bonchev–Trinajstić information content (AvgIpc) is 2.70. The predicted molar refractivity (Wildman–Crippen MR) is 118 cm³/mol. The molecule has 0 bridgehead atoms. The maximum absolute atomic E-state index is 13.6. The zero-order valence-electron chi connectivity index (χ0n) is 18.2. The highest BCUT2D eigenvalue weighted by atomic mass is 19.1. The van der Waals surface area contributed by atoms with Crippen molar-refractivity contribution in [1.29, 1.82) is 0 Å². The Morgan fingerprint density at radius 1 is 1.19 bits per heavy atom. The van der Waals surface area contributed by atoms with Crippen molar-refractivity contribution >= 4 is 11.6 Å².